The lowest BCUT2D eigenvalue weighted by Crippen LogP contribution is -2.43. The van der Waals surface area contributed by atoms with Gasteiger partial charge in [-0.15, -0.1) is 0 Å². The number of amides is 4. The van der Waals surface area contributed by atoms with Crippen molar-refractivity contribution in [3.05, 3.63) is 70.5 Å². The van der Waals surface area contributed by atoms with E-state index in [9.17, 15) is 27.2 Å². The molecule has 0 aliphatic carbocycles. The average molecular weight is 517 g/mol. The number of thiophene rings is 1. The molecule has 0 saturated carbocycles. The van der Waals surface area contributed by atoms with Gasteiger partial charge in [-0.05, 0) is 42.0 Å². The minimum atomic E-state index is -4.25. The number of nitrogens with two attached hydrogens (primary N) is 1. The first-order valence-corrected chi connectivity index (χ1v) is 12.2. The summed E-state index contributed by atoms with van der Waals surface area (Å²) >= 11 is 0.369. The Morgan fingerprint density at radius 2 is 1.97 bits per heavy atom. The van der Waals surface area contributed by atoms with Gasteiger partial charge in [-0.25, -0.2) is 27.8 Å². The maximum atomic E-state index is 13.1. The molecule has 0 atom stereocenters. The van der Waals surface area contributed by atoms with Crippen LogP contribution in [-0.4, -0.2) is 44.1 Å². The quantitative estimate of drug-likeness (QED) is 0.265. The lowest BCUT2D eigenvalue weighted by molar-refractivity contribution is -0.117. The number of rotatable bonds is 5. The van der Waals surface area contributed by atoms with E-state index in [1.807, 2.05) is 0 Å². The maximum Gasteiger partial charge on any atom is 0.333 e. The second-order valence-electron chi connectivity index (χ2n) is 7.22. The number of benzene rings is 1. The zero-order chi connectivity index (χ0) is 25.3. The number of urea groups is 1. The number of carbonyl (C=O) groups is 3. The van der Waals surface area contributed by atoms with Crippen LogP contribution in [0.3, 0.4) is 0 Å². The van der Waals surface area contributed by atoms with Crippen LogP contribution in [-0.2, 0) is 21.2 Å². The van der Waals surface area contributed by atoms with Gasteiger partial charge in [0.05, 0.1) is 18.3 Å². The van der Waals surface area contributed by atoms with Crippen LogP contribution in [0.4, 0.5) is 20.7 Å². The van der Waals surface area contributed by atoms with Gasteiger partial charge < -0.3 is 11.1 Å². The number of imide groups is 1. The van der Waals surface area contributed by atoms with Crippen LogP contribution in [0.5, 0.6) is 0 Å². The number of aliphatic imine (C=N–C) groups is 1. The minimum Gasteiger partial charge on any atom is -0.384 e. The van der Waals surface area contributed by atoms with Crippen molar-refractivity contribution in [3.63, 3.8) is 0 Å². The number of aromatic nitrogens is 1. The molecule has 14 heteroatoms. The highest BCUT2D eigenvalue weighted by molar-refractivity contribution is 7.92. The minimum absolute atomic E-state index is 0.0250. The molecule has 0 spiro atoms. The molecule has 0 fully saturated rings. The van der Waals surface area contributed by atoms with Gasteiger partial charge in [0, 0.05) is 18.2 Å². The van der Waals surface area contributed by atoms with Crippen molar-refractivity contribution >= 4 is 56.5 Å². The molecular weight excluding hydrogens is 499 g/mol. The zero-order valence-corrected chi connectivity index (χ0v) is 19.6. The summed E-state index contributed by atoms with van der Waals surface area (Å²) in [5.41, 5.74) is 7.33. The maximum absolute atomic E-state index is 13.1. The molecule has 1 aliphatic rings. The summed E-state index contributed by atoms with van der Waals surface area (Å²) < 4.78 is 38.7. The van der Waals surface area contributed by atoms with Crippen molar-refractivity contribution in [3.8, 4) is 0 Å². The highest BCUT2D eigenvalue weighted by atomic mass is 32.2. The van der Waals surface area contributed by atoms with Crippen molar-refractivity contribution < 1.29 is 27.2 Å². The fourth-order valence-corrected chi connectivity index (χ4v) is 5.22. The number of nitrogens with zero attached hydrogens (tertiary/aromatic N) is 3. The van der Waals surface area contributed by atoms with Crippen molar-refractivity contribution in [1.82, 2.24) is 9.71 Å². The van der Waals surface area contributed by atoms with Gasteiger partial charge in [0.25, 0.3) is 15.9 Å². The van der Waals surface area contributed by atoms with Crippen molar-refractivity contribution in [2.45, 2.75) is 10.6 Å². The van der Waals surface area contributed by atoms with E-state index in [0.717, 1.165) is 23.2 Å². The molecule has 3 heterocycles. The van der Waals surface area contributed by atoms with Crippen LogP contribution in [0.2, 0.25) is 0 Å². The van der Waals surface area contributed by atoms with Crippen LogP contribution in [0.15, 0.2) is 57.9 Å². The molecule has 1 aliphatic heterocycles. The molecule has 180 valence electrons. The number of hydrogen-bond donors (Lipinski definition) is 3. The van der Waals surface area contributed by atoms with E-state index in [4.69, 9.17) is 5.73 Å². The van der Waals surface area contributed by atoms with Gasteiger partial charge in [0.15, 0.2) is 5.13 Å². The Bertz CT molecular complexity index is 1480. The molecule has 3 aromatic rings. The summed E-state index contributed by atoms with van der Waals surface area (Å²) in [6, 6.07) is 8.40. The van der Waals surface area contributed by atoms with E-state index in [2.05, 4.69) is 15.3 Å². The molecular formula is C21H17FN6O5S2. The number of amidine groups is 1. The van der Waals surface area contributed by atoms with Gasteiger partial charge in [-0.3, -0.25) is 14.6 Å². The van der Waals surface area contributed by atoms with E-state index in [-0.39, 0.29) is 28.0 Å². The normalized spacial score (nSPS) is 14.0. The predicted octanol–water partition coefficient (Wildman–Crippen LogP) is 1.86. The molecule has 35 heavy (non-hydrogen) atoms. The molecule has 4 amide bonds. The molecule has 1 aromatic carbocycles. The second-order valence-corrected chi connectivity index (χ2v) is 10.2. The first-order chi connectivity index (χ1) is 16.6. The number of halogens is 1. The third-order valence-corrected chi connectivity index (χ3v) is 7.64. The Labute approximate surface area is 202 Å². The van der Waals surface area contributed by atoms with Crippen LogP contribution < -0.4 is 20.7 Å². The van der Waals surface area contributed by atoms with Gasteiger partial charge >= 0.3 is 6.03 Å². The fourth-order valence-electron chi connectivity index (χ4n) is 3.31. The third kappa shape index (κ3) is 4.88. The first-order valence-electron chi connectivity index (χ1n) is 9.87. The van der Waals surface area contributed by atoms with Crippen LogP contribution in [0.25, 0.3) is 0 Å². The smallest absolute Gasteiger partial charge is 0.333 e. The Kier molecular flexibility index (Phi) is 6.32. The number of sulfonamides is 1. The average Bonchev–Trinajstić information content (AvgIpc) is 3.26. The van der Waals surface area contributed by atoms with Crippen molar-refractivity contribution in [2.24, 2.45) is 10.7 Å². The SMILES string of the molecule is CN=C(N)c1ccc2c(c1)CC(=O)N(c1ccc(NC(=O)NS(=O)(=O)c3ccc(F)s3)cn1)C2=O. The van der Waals surface area contributed by atoms with E-state index in [1.54, 1.807) is 22.9 Å². The Balaban J connectivity index is 1.48. The van der Waals surface area contributed by atoms with Crippen molar-refractivity contribution in [2.75, 3.05) is 17.3 Å². The molecule has 0 saturated heterocycles. The number of pyridine rings is 1. The molecule has 11 nitrogen and oxygen atoms in total. The summed E-state index contributed by atoms with van der Waals surface area (Å²) in [6.07, 6.45) is 1.10. The summed E-state index contributed by atoms with van der Waals surface area (Å²) in [7, 11) is -2.72. The zero-order valence-electron chi connectivity index (χ0n) is 18.0. The highest BCUT2D eigenvalue weighted by Crippen LogP contribution is 2.26. The number of fused-ring (bicyclic) bond motifs is 1. The Morgan fingerprint density at radius 3 is 2.60 bits per heavy atom. The second kappa shape index (κ2) is 9.23. The van der Waals surface area contributed by atoms with Gasteiger partial charge in [-0.1, -0.05) is 17.4 Å². The topological polar surface area (TPSA) is 164 Å². The van der Waals surface area contributed by atoms with E-state index in [0.29, 0.717) is 28.0 Å². The largest absolute Gasteiger partial charge is 0.384 e. The molecule has 4 N–H and O–H groups in total. The van der Waals surface area contributed by atoms with Crippen LogP contribution in [0.1, 0.15) is 21.5 Å². The van der Waals surface area contributed by atoms with E-state index in [1.165, 1.54) is 19.2 Å². The lowest BCUT2D eigenvalue weighted by atomic mass is 9.95. The number of nitrogens with one attached hydrogen (secondary N) is 2. The summed E-state index contributed by atoms with van der Waals surface area (Å²) in [5.74, 6) is -0.779. The number of anilines is 2. The van der Waals surface area contributed by atoms with Crippen LogP contribution >= 0.6 is 11.3 Å². The van der Waals surface area contributed by atoms with Crippen LogP contribution in [0, 0.1) is 5.13 Å². The molecule has 0 unspecified atom stereocenters. The van der Waals surface area contributed by atoms with E-state index < -0.39 is 33.0 Å². The molecule has 4 rings (SSSR count). The monoisotopic (exact) mass is 516 g/mol. The van der Waals surface area contributed by atoms with Gasteiger partial charge in [0.1, 0.15) is 15.9 Å². The Morgan fingerprint density at radius 1 is 1.20 bits per heavy atom. The fraction of sp³-hybridized carbons (Fsp3) is 0.0952. The summed E-state index contributed by atoms with van der Waals surface area (Å²) in [4.78, 5) is 46.6. The predicted molar refractivity (Wildman–Crippen MR) is 126 cm³/mol. The van der Waals surface area contributed by atoms with Crippen molar-refractivity contribution in [1.29, 1.82) is 0 Å². The number of hydrogen-bond acceptors (Lipinski definition) is 8. The first kappa shape index (κ1) is 24.0. The Hall–Kier alpha value is -4.17. The number of carbonyl (C=O) groups excluding carboxylic acids is 3. The third-order valence-electron chi connectivity index (χ3n) is 4.94. The molecule has 0 bridgehead atoms. The van der Waals surface area contributed by atoms with E-state index >= 15 is 0 Å². The molecule has 0 radical (unpaired) electrons. The van der Waals surface area contributed by atoms with Gasteiger partial charge in [0.2, 0.25) is 5.91 Å². The summed E-state index contributed by atoms with van der Waals surface area (Å²) in [6.45, 7) is 0. The molecule has 2 aromatic heterocycles. The standard InChI is InChI=1S/C21H17FN6O5S2/c1-24-19(23)11-2-4-14-12(8-11)9-17(29)28(20(14)30)16-6-3-13(10-25-16)26-21(31)27-35(32,33)18-7-5-15(22)34-18/h2-8,10H,9H2,1H3,(H2,23,24)(H2,26,27,31). The summed E-state index contributed by atoms with van der Waals surface area (Å²) in [5, 5.41) is 1.56. The van der Waals surface area contributed by atoms with Gasteiger partial charge in [-0.2, -0.15) is 4.39 Å². The highest BCUT2D eigenvalue weighted by Gasteiger charge is 2.33. The lowest BCUT2D eigenvalue weighted by Gasteiger charge is -2.26.